The van der Waals surface area contributed by atoms with Crippen LogP contribution in [0.5, 0.6) is 0 Å². The molecule has 0 aliphatic rings. The zero-order chi connectivity index (χ0) is 26.6. The van der Waals surface area contributed by atoms with Crippen LogP contribution in [-0.4, -0.2) is 28.1 Å². The van der Waals surface area contributed by atoms with E-state index in [1.165, 1.54) is 0 Å². The van der Waals surface area contributed by atoms with E-state index in [0.29, 0.717) is 35.8 Å². The van der Waals surface area contributed by atoms with Crippen molar-refractivity contribution in [1.82, 2.24) is 20.6 Å². The fourth-order valence-electron chi connectivity index (χ4n) is 3.30. The Morgan fingerprint density at radius 1 is 0.500 bits per heavy atom. The lowest BCUT2D eigenvalue weighted by Crippen LogP contribution is -2.34. The maximum atomic E-state index is 12.2. The van der Waals surface area contributed by atoms with E-state index < -0.39 is 0 Å². The number of urea groups is 3. The molecule has 0 aliphatic heterocycles. The van der Waals surface area contributed by atoms with Gasteiger partial charge in [0.2, 0.25) is 0 Å². The maximum absolute atomic E-state index is 12.2. The molecule has 2 aromatic heterocycles. The molecule has 2 aromatic carbocycles. The first-order valence-corrected chi connectivity index (χ1v) is 11.7. The number of rotatable bonds is 8. The second kappa shape index (κ2) is 13.0. The van der Waals surface area contributed by atoms with Crippen molar-refractivity contribution < 1.29 is 14.4 Å². The largest absolute Gasteiger partial charge is 0.334 e. The van der Waals surface area contributed by atoms with Gasteiger partial charge in [-0.25, -0.2) is 14.4 Å². The summed E-state index contributed by atoms with van der Waals surface area (Å²) in [5.41, 5.74) is 4.16. The Hall–Kier alpha value is -5.45. The predicted molar refractivity (Wildman–Crippen MR) is 146 cm³/mol. The molecule has 6 N–H and O–H groups in total. The number of carbonyl (C=O) groups excluding carboxylic acids is 3. The lowest BCUT2D eigenvalue weighted by atomic mass is 10.2. The Morgan fingerprint density at radius 2 is 0.895 bits per heavy atom. The van der Waals surface area contributed by atoms with Crippen molar-refractivity contribution in [3.63, 3.8) is 0 Å². The van der Waals surface area contributed by atoms with Crippen LogP contribution in [0.4, 0.5) is 37.1 Å². The van der Waals surface area contributed by atoms with Gasteiger partial charge in [0.1, 0.15) is 0 Å². The molecule has 0 radical (unpaired) electrons. The molecule has 11 heteroatoms. The molecule has 11 nitrogen and oxygen atoms in total. The van der Waals surface area contributed by atoms with Gasteiger partial charge in [0.05, 0.1) is 23.8 Å². The Morgan fingerprint density at radius 3 is 1.26 bits per heavy atom. The highest BCUT2D eigenvalue weighted by Gasteiger charge is 2.06. The predicted octanol–water partition coefficient (Wildman–Crippen LogP) is 4.76. The van der Waals surface area contributed by atoms with Gasteiger partial charge < -0.3 is 31.9 Å². The van der Waals surface area contributed by atoms with Gasteiger partial charge in [-0.1, -0.05) is 24.3 Å². The SMILES string of the molecule is O=C(NCc1ccc(NC(=O)Nc2cccnc2)cc1)NCc1ccc(NC(=O)Nc2cccnc2)cc1. The van der Waals surface area contributed by atoms with Crippen LogP contribution in [0.15, 0.2) is 97.6 Å². The van der Waals surface area contributed by atoms with E-state index in [9.17, 15) is 14.4 Å². The van der Waals surface area contributed by atoms with Crippen LogP contribution in [-0.2, 0) is 13.1 Å². The van der Waals surface area contributed by atoms with Gasteiger partial charge >= 0.3 is 18.1 Å². The molecule has 0 saturated carbocycles. The van der Waals surface area contributed by atoms with Gasteiger partial charge in [0.15, 0.2) is 0 Å². The molecule has 4 aromatic rings. The van der Waals surface area contributed by atoms with Crippen molar-refractivity contribution in [2.75, 3.05) is 21.3 Å². The van der Waals surface area contributed by atoms with Crippen LogP contribution in [0.1, 0.15) is 11.1 Å². The van der Waals surface area contributed by atoms with E-state index in [-0.39, 0.29) is 18.1 Å². The Balaban J connectivity index is 1.15. The number of pyridine rings is 2. The molecule has 0 fully saturated rings. The van der Waals surface area contributed by atoms with Crippen molar-refractivity contribution in [2.24, 2.45) is 0 Å². The van der Waals surface area contributed by atoms with Crippen molar-refractivity contribution in [1.29, 1.82) is 0 Å². The summed E-state index contributed by atoms with van der Waals surface area (Å²) in [7, 11) is 0. The van der Waals surface area contributed by atoms with Crippen LogP contribution in [0.3, 0.4) is 0 Å². The summed E-state index contributed by atoms with van der Waals surface area (Å²) in [4.78, 5) is 44.2. The zero-order valence-electron chi connectivity index (χ0n) is 20.3. The molecular weight excluding hydrogens is 484 g/mol. The molecule has 0 aliphatic carbocycles. The van der Waals surface area contributed by atoms with Crippen LogP contribution in [0, 0.1) is 0 Å². The summed E-state index contributed by atoms with van der Waals surface area (Å²) in [5.74, 6) is 0. The lowest BCUT2D eigenvalue weighted by molar-refractivity contribution is 0.240. The van der Waals surface area contributed by atoms with Gasteiger partial charge in [-0.3, -0.25) is 9.97 Å². The minimum atomic E-state index is -0.375. The first-order chi connectivity index (χ1) is 18.5. The summed E-state index contributed by atoms with van der Waals surface area (Å²) < 4.78 is 0. The van der Waals surface area contributed by atoms with Gasteiger partial charge in [-0.15, -0.1) is 0 Å². The molecule has 38 heavy (non-hydrogen) atoms. The monoisotopic (exact) mass is 510 g/mol. The summed E-state index contributed by atoms with van der Waals surface area (Å²) in [6, 6.07) is 20.2. The number of nitrogens with zero attached hydrogens (tertiary/aromatic N) is 2. The third-order valence-electron chi connectivity index (χ3n) is 5.17. The molecule has 0 unspecified atom stereocenters. The number of carbonyl (C=O) groups is 3. The summed E-state index contributed by atoms with van der Waals surface area (Å²) in [5, 5.41) is 16.5. The molecule has 192 valence electrons. The third kappa shape index (κ3) is 8.34. The normalized spacial score (nSPS) is 10.1. The summed E-state index contributed by atoms with van der Waals surface area (Å²) in [6.07, 6.45) is 6.36. The van der Waals surface area contributed by atoms with Crippen molar-refractivity contribution in [2.45, 2.75) is 13.1 Å². The van der Waals surface area contributed by atoms with E-state index in [1.807, 2.05) is 24.3 Å². The zero-order valence-corrected chi connectivity index (χ0v) is 20.3. The number of nitrogens with one attached hydrogen (secondary N) is 6. The van der Waals surface area contributed by atoms with Gasteiger partial charge in [-0.2, -0.15) is 0 Å². The second-order valence-electron chi connectivity index (χ2n) is 8.07. The average molecular weight is 511 g/mol. The van der Waals surface area contributed by atoms with Crippen molar-refractivity contribution >= 4 is 40.8 Å². The second-order valence-corrected chi connectivity index (χ2v) is 8.07. The van der Waals surface area contributed by atoms with Crippen molar-refractivity contribution in [3.05, 3.63) is 109 Å². The van der Waals surface area contributed by atoms with Crippen molar-refractivity contribution in [3.8, 4) is 0 Å². The van der Waals surface area contributed by atoms with E-state index in [0.717, 1.165) is 11.1 Å². The van der Waals surface area contributed by atoms with Gasteiger partial charge in [0, 0.05) is 36.9 Å². The molecule has 4 rings (SSSR count). The van der Waals surface area contributed by atoms with Gasteiger partial charge in [0.25, 0.3) is 0 Å². The highest BCUT2D eigenvalue weighted by Crippen LogP contribution is 2.12. The van der Waals surface area contributed by atoms with Crippen LogP contribution in [0.25, 0.3) is 0 Å². The lowest BCUT2D eigenvalue weighted by Gasteiger charge is -2.10. The summed E-state index contributed by atoms with van der Waals surface area (Å²) in [6.45, 7) is 0.645. The number of hydrogen-bond acceptors (Lipinski definition) is 5. The van der Waals surface area contributed by atoms with E-state index >= 15 is 0 Å². The third-order valence-corrected chi connectivity index (χ3v) is 5.17. The first-order valence-electron chi connectivity index (χ1n) is 11.7. The standard InChI is InChI=1S/C27H26N8O3/c36-25(30-15-19-5-9-21(10-6-19)32-26(37)34-23-3-1-13-28-17-23)31-16-20-7-11-22(12-8-20)33-27(38)35-24-4-2-14-29-18-24/h1-14,17-18H,15-16H2,(H2,30,31,36)(H2,32,34,37)(H2,33,35,38). The molecule has 2 heterocycles. The highest BCUT2D eigenvalue weighted by atomic mass is 16.2. The Labute approximate surface area is 219 Å². The van der Waals surface area contributed by atoms with E-state index in [2.05, 4.69) is 41.9 Å². The Kier molecular flexibility index (Phi) is 8.79. The summed E-state index contributed by atoms with van der Waals surface area (Å²) >= 11 is 0. The smallest absolute Gasteiger partial charge is 0.323 e. The van der Waals surface area contributed by atoms with E-state index in [4.69, 9.17) is 0 Å². The van der Waals surface area contributed by atoms with Crippen LogP contribution < -0.4 is 31.9 Å². The fraction of sp³-hybridized carbons (Fsp3) is 0.0741. The molecule has 6 amide bonds. The number of anilines is 4. The van der Waals surface area contributed by atoms with Crippen LogP contribution >= 0.6 is 0 Å². The fourth-order valence-corrected chi connectivity index (χ4v) is 3.30. The number of hydrogen-bond donors (Lipinski definition) is 6. The molecular formula is C27H26N8O3. The molecule has 0 saturated heterocycles. The quantitative estimate of drug-likeness (QED) is 0.202. The Bertz CT molecular complexity index is 1240. The minimum absolute atomic E-state index is 0.318. The molecule has 0 atom stereocenters. The number of aromatic nitrogens is 2. The average Bonchev–Trinajstić information content (AvgIpc) is 2.93. The first kappa shape index (κ1) is 25.6. The molecule has 0 bridgehead atoms. The number of benzene rings is 2. The molecule has 0 spiro atoms. The van der Waals surface area contributed by atoms with Gasteiger partial charge in [-0.05, 0) is 59.7 Å². The minimum Gasteiger partial charge on any atom is -0.334 e. The van der Waals surface area contributed by atoms with Crippen LogP contribution in [0.2, 0.25) is 0 Å². The van der Waals surface area contributed by atoms with E-state index in [1.54, 1.807) is 73.3 Å². The number of amides is 6. The maximum Gasteiger partial charge on any atom is 0.323 e. The topological polar surface area (TPSA) is 149 Å². The highest BCUT2D eigenvalue weighted by molar-refractivity contribution is 6.00.